The molecular formula is C14H20N2O3. The van der Waals surface area contributed by atoms with Gasteiger partial charge in [-0.3, -0.25) is 4.79 Å². The zero-order valence-corrected chi connectivity index (χ0v) is 10.8. The van der Waals surface area contributed by atoms with Gasteiger partial charge in [-0.15, -0.1) is 0 Å². The Morgan fingerprint density at radius 1 is 1.26 bits per heavy atom. The highest BCUT2D eigenvalue weighted by atomic mass is 16.3. The minimum Gasteiger partial charge on any atom is -0.507 e. The Morgan fingerprint density at radius 2 is 1.89 bits per heavy atom. The first-order valence-electron chi connectivity index (χ1n) is 6.64. The highest BCUT2D eigenvalue weighted by molar-refractivity contribution is 5.99. The first kappa shape index (κ1) is 13.7. The van der Waals surface area contributed by atoms with E-state index in [0.29, 0.717) is 6.54 Å². The fraction of sp³-hybridized carbons (Fsp3) is 0.500. The third-order valence-corrected chi connectivity index (χ3v) is 3.74. The van der Waals surface area contributed by atoms with E-state index < -0.39 is 5.91 Å². The number of phenolic OH excluding ortho intramolecular Hbond substituents is 2. The molecule has 2 atom stereocenters. The molecule has 104 valence electrons. The molecule has 1 aliphatic rings. The van der Waals surface area contributed by atoms with Crippen LogP contribution in [0.5, 0.6) is 11.5 Å². The largest absolute Gasteiger partial charge is 0.507 e. The van der Waals surface area contributed by atoms with Crippen LogP contribution in [0, 0.1) is 5.92 Å². The SMILES string of the molecule is NC1CCCCC1CNC(=O)c1c(O)cccc1O. The standard InChI is InChI=1S/C14H20N2O3/c15-10-5-2-1-4-9(10)8-16-14(19)13-11(17)6-3-7-12(13)18/h3,6-7,9-10,17-18H,1-2,4-5,8,15H2,(H,16,19). The molecule has 19 heavy (non-hydrogen) atoms. The lowest BCUT2D eigenvalue weighted by Gasteiger charge is -2.28. The van der Waals surface area contributed by atoms with Crippen molar-refractivity contribution in [3.8, 4) is 11.5 Å². The average Bonchev–Trinajstić information content (AvgIpc) is 2.37. The predicted molar refractivity (Wildman–Crippen MR) is 72.0 cm³/mol. The van der Waals surface area contributed by atoms with E-state index in [1.165, 1.54) is 18.2 Å². The highest BCUT2D eigenvalue weighted by Gasteiger charge is 2.23. The Balaban J connectivity index is 1.97. The van der Waals surface area contributed by atoms with Crippen LogP contribution in [0.3, 0.4) is 0 Å². The lowest BCUT2D eigenvalue weighted by atomic mass is 9.85. The molecule has 0 saturated heterocycles. The number of hydrogen-bond donors (Lipinski definition) is 4. The summed E-state index contributed by atoms with van der Waals surface area (Å²) in [5, 5.41) is 22.0. The van der Waals surface area contributed by atoms with Crippen LogP contribution >= 0.6 is 0 Å². The number of phenols is 2. The first-order valence-corrected chi connectivity index (χ1v) is 6.64. The van der Waals surface area contributed by atoms with Crippen LogP contribution in [-0.2, 0) is 0 Å². The molecule has 1 fully saturated rings. The lowest BCUT2D eigenvalue weighted by Crippen LogP contribution is -2.41. The zero-order valence-electron chi connectivity index (χ0n) is 10.8. The molecule has 1 aromatic rings. The molecule has 0 spiro atoms. The van der Waals surface area contributed by atoms with Gasteiger partial charge in [-0.2, -0.15) is 0 Å². The lowest BCUT2D eigenvalue weighted by molar-refractivity contribution is 0.0936. The summed E-state index contributed by atoms with van der Waals surface area (Å²) in [5.74, 6) is -0.630. The molecule has 0 aromatic heterocycles. The number of amides is 1. The van der Waals surface area contributed by atoms with E-state index in [-0.39, 0.29) is 29.0 Å². The van der Waals surface area contributed by atoms with E-state index >= 15 is 0 Å². The molecule has 0 bridgehead atoms. The number of carbonyl (C=O) groups is 1. The summed E-state index contributed by atoms with van der Waals surface area (Å²) in [7, 11) is 0. The van der Waals surface area contributed by atoms with Gasteiger partial charge in [0.1, 0.15) is 17.1 Å². The Labute approximate surface area is 112 Å². The summed E-state index contributed by atoms with van der Waals surface area (Å²) in [6.07, 6.45) is 4.28. The zero-order chi connectivity index (χ0) is 13.8. The molecule has 0 heterocycles. The molecular weight excluding hydrogens is 244 g/mol. The molecule has 2 unspecified atom stereocenters. The van der Waals surface area contributed by atoms with Gasteiger partial charge in [0.15, 0.2) is 0 Å². The fourth-order valence-electron chi connectivity index (χ4n) is 2.56. The van der Waals surface area contributed by atoms with E-state index in [0.717, 1.165) is 25.7 Å². The molecule has 1 aliphatic carbocycles. The molecule has 0 radical (unpaired) electrons. The number of nitrogens with two attached hydrogens (primary N) is 1. The highest BCUT2D eigenvalue weighted by Crippen LogP contribution is 2.26. The number of benzene rings is 1. The summed E-state index contributed by atoms with van der Waals surface area (Å²) in [6.45, 7) is 0.480. The third kappa shape index (κ3) is 3.17. The third-order valence-electron chi connectivity index (χ3n) is 3.74. The summed E-state index contributed by atoms with van der Waals surface area (Å²) in [4.78, 5) is 12.0. The minimum atomic E-state index is -0.464. The van der Waals surface area contributed by atoms with Crippen molar-refractivity contribution in [1.82, 2.24) is 5.32 Å². The second kappa shape index (κ2) is 5.93. The van der Waals surface area contributed by atoms with Crippen molar-refractivity contribution >= 4 is 5.91 Å². The van der Waals surface area contributed by atoms with Gasteiger partial charge in [0.2, 0.25) is 0 Å². The second-order valence-electron chi connectivity index (χ2n) is 5.09. The number of nitrogens with one attached hydrogen (secondary N) is 1. The quantitative estimate of drug-likeness (QED) is 0.662. The maximum absolute atomic E-state index is 12.0. The van der Waals surface area contributed by atoms with Crippen molar-refractivity contribution < 1.29 is 15.0 Å². The van der Waals surface area contributed by atoms with Crippen LogP contribution in [0.1, 0.15) is 36.0 Å². The van der Waals surface area contributed by atoms with Crippen LogP contribution < -0.4 is 11.1 Å². The van der Waals surface area contributed by atoms with E-state index in [9.17, 15) is 15.0 Å². The molecule has 0 aliphatic heterocycles. The van der Waals surface area contributed by atoms with E-state index in [2.05, 4.69) is 5.32 Å². The van der Waals surface area contributed by atoms with Gasteiger partial charge < -0.3 is 21.3 Å². The number of hydrogen-bond acceptors (Lipinski definition) is 4. The topological polar surface area (TPSA) is 95.6 Å². The van der Waals surface area contributed by atoms with Gasteiger partial charge in [-0.25, -0.2) is 0 Å². The summed E-state index contributed by atoms with van der Waals surface area (Å²) in [5.41, 5.74) is 5.94. The fourth-order valence-corrected chi connectivity index (χ4v) is 2.56. The van der Waals surface area contributed by atoms with Crippen molar-refractivity contribution in [1.29, 1.82) is 0 Å². The van der Waals surface area contributed by atoms with E-state index in [1.807, 2.05) is 0 Å². The van der Waals surface area contributed by atoms with Crippen LogP contribution in [0.2, 0.25) is 0 Å². The predicted octanol–water partition coefficient (Wildman–Crippen LogP) is 1.35. The Bertz CT molecular complexity index is 442. The monoisotopic (exact) mass is 264 g/mol. The minimum absolute atomic E-state index is 0.0770. The smallest absolute Gasteiger partial charge is 0.258 e. The number of rotatable bonds is 3. The maximum Gasteiger partial charge on any atom is 0.258 e. The van der Waals surface area contributed by atoms with Crippen LogP contribution in [0.15, 0.2) is 18.2 Å². The van der Waals surface area contributed by atoms with Gasteiger partial charge in [-0.1, -0.05) is 18.9 Å². The molecule has 5 nitrogen and oxygen atoms in total. The normalized spacial score (nSPS) is 23.0. The molecule has 1 amide bonds. The molecule has 5 N–H and O–H groups in total. The summed E-state index contributed by atoms with van der Waals surface area (Å²) in [6, 6.07) is 4.35. The number of aromatic hydroxyl groups is 2. The molecule has 5 heteroatoms. The van der Waals surface area contributed by atoms with Crippen molar-refractivity contribution in [2.75, 3.05) is 6.54 Å². The van der Waals surface area contributed by atoms with Crippen molar-refractivity contribution in [2.45, 2.75) is 31.7 Å². The van der Waals surface area contributed by atoms with Gasteiger partial charge in [0, 0.05) is 12.6 Å². The van der Waals surface area contributed by atoms with Crippen molar-refractivity contribution in [2.24, 2.45) is 11.7 Å². The van der Waals surface area contributed by atoms with Gasteiger partial charge >= 0.3 is 0 Å². The Kier molecular flexibility index (Phi) is 4.27. The van der Waals surface area contributed by atoms with Gasteiger partial charge in [0.25, 0.3) is 5.91 Å². The molecule has 1 aromatic carbocycles. The first-order chi connectivity index (χ1) is 9.09. The van der Waals surface area contributed by atoms with E-state index in [4.69, 9.17) is 5.73 Å². The van der Waals surface area contributed by atoms with Crippen LogP contribution in [0.4, 0.5) is 0 Å². The molecule has 2 rings (SSSR count). The maximum atomic E-state index is 12.0. The second-order valence-corrected chi connectivity index (χ2v) is 5.09. The summed E-state index contributed by atoms with van der Waals surface area (Å²) >= 11 is 0. The Hall–Kier alpha value is -1.75. The Morgan fingerprint density at radius 3 is 2.53 bits per heavy atom. The average molecular weight is 264 g/mol. The van der Waals surface area contributed by atoms with Crippen molar-refractivity contribution in [3.05, 3.63) is 23.8 Å². The molecule has 1 saturated carbocycles. The van der Waals surface area contributed by atoms with Crippen LogP contribution in [0.25, 0.3) is 0 Å². The summed E-state index contributed by atoms with van der Waals surface area (Å²) < 4.78 is 0. The number of carbonyl (C=O) groups excluding carboxylic acids is 1. The van der Waals surface area contributed by atoms with Crippen molar-refractivity contribution in [3.63, 3.8) is 0 Å². The van der Waals surface area contributed by atoms with E-state index in [1.54, 1.807) is 0 Å². The van der Waals surface area contributed by atoms with Crippen LogP contribution in [-0.4, -0.2) is 28.7 Å². The van der Waals surface area contributed by atoms with Gasteiger partial charge in [0.05, 0.1) is 0 Å². The van der Waals surface area contributed by atoms with Gasteiger partial charge in [-0.05, 0) is 30.9 Å².